The van der Waals surface area contributed by atoms with Gasteiger partial charge in [0.2, 0.25) is 0 Å². The van der Waals surface area contributed by atoms with Crippen molar-refractivity contribution in [2.24, 2.45) is 4.99 Å². The van der Waals surface area contributed by atoms with E-state index >= 15 is 0 Å². The molecule has 0 radical (unpaired) electrons. The van der Waals surface area contributed by atoms with Gasteiger partial charge in [-0.05, 0) is 44.5 Å². The Morgan fingerprint density at radius 2 is 2.12 bits per heavy atom. The fourth-order valence-corrected chi connectivity index (χ4v) is 5.14. The van der Waals surface area contributed by atoms with E-state index in [1.54, 1.807) is 0 Å². The maximum absolute atomic E-state index is 5.09. The standard InChI is InChI=1S/C19H24N4S/c1-4-14-12-24-19-21-17(15-8-5-6-10-20-15)18(23(14)19)16-9-7-11-22(16)13(2)3/h5-11,13-14,17-18H,4,12H2,1-3H3/t14-,17+,18+/m0/s1. The number of pyridine rings is 1. The maximum atomic E-state index is 5.09. The number of aromatic nitrogens is 2. The molecule has 126 valence electrons. The molecule has 4 heterocycles. The Labute approximate surface area is 148 Å². The van der Waals surface area contributed by atoms with Crippen LogP contribution in [-0.2, 0) is 0 Å². The van der Waals surface area contributed by atoms with Gasteiger partial charge in [-0.15, -0.1) is 0 Å². The van der Waals surface area contributed by atoms with Crippen LogP contribution in [0, 0.1) is 0 Å². The third-order valence-electron chi connectivity index (χ3n) is 5.00. The molecule has 4 nitrogen and oxygen atoms in total. The Balaban J connectivity index is 1.81. The van der Waals surface area contributed by atoms with Gasteiger partial charge in [0.15, 0.2) is 5.17 Å². The van der Waals surface area contributed by atoms with E-state index in [0.29, 0.717) is 12.1 Å². The van der Waals surface area contributed by atoms with Crippen LogP contribution < -0.4 is 0 Å². The van der Waals surface area contributed by atoms with Gasteiger partial charge in [-0.1, -0.05) is 24.8 Å². The molecule has 0 spiro atoms. The molecule has 2 aliphatic rings. The monoisotopic (exact) mass is 340 g/mol. The molecular formula is C19H24N4S. The number of hydrogen-bond acceptors (Lipinski definition) is 4. The van der Waals surface area contributed by atoms with Gasteiger partial charge < -0.3 is 9.47 Å². The first-order valence-corrected chi connectivity index (χ1v) is 9.76. The first kappa shape index (κ1) is 15.8. The molecule has 4 rings (SSSR count). The van der Waals surface area contributed by atoms with E-state index in [0.717, 1.165) is 17.9 Å². The smallest absolute Gasteiger partial charge is 0.160 e. The first-order chi connectivity index (χ1) is 11.7. The Kier molecular flexibility index (Phi) is 4.12. The van der Waals surface area contributed by atoms with Crippen LogP contribution in [0.5, 0.6) is 0 Å². The van der Waals surface area contributed by atoms with Crippen molar-refractivity contribution in [2.75, 3.05) is 5.75 Å². The predicted octanol–water partition coefficient (Wildman–Crippen LogP) is 4.44. The van der Waals surface area contributed by atoms with Crippen LogP contribution in [0.2, 0.25) is 0 Å². The molecule has 0 saturated carbocycles. The van der Waals surface area contributed by atoms with Gasteiger partial charge in [-0.3, -0.25) is 9.98 Å². The zero-order chi connectivity index (χ0) is 16.7. The lowest BCUT2D eigenvalue weighted by Gasteiger charge is -2.33. The molecule has 0 bridgehead atoms. The highest BCUT2D eigenvalue weighted by atomic mass is 32.2. The van der Waals surface area contributed by atoms with Gasteiger partial charge in [0.1, 0.15) is 6.04 Å². The minimum absolute atomic E-state index is 0.0791. The summed E-state index contributed by atoms with van der Waals surface area (Å²) in [5.41, 5.74) is 2.41. The molecule has 2 aromatic rings. The summed E-state index contributed by atoms with van der Waals surface area (Å²) < 4.78 is 2.38. The van der Waals surface area contributed by atoms with Crippen LogP contribution in [0.4, 0.5) is 0 Å². The summed E-state index contributed by atoms with van der Waals surface area (Å²) in [5.74, 6) is 1.14. The molecular weight excluding hydrogens is 316 g/mol. The Bertz CT molecular complexity index is 737. The van der Waals surface area contributed by atoms with E-state index in [4.69, 9.17) is 4.99 Å². The highest BCUT2D eigenvalue weighted by Gasteiger charge is 2.46. The van der Waals surface area contributed by atoms with Crippen LogP contribution in [0.3, 0.4) is 0 Å². The molecule has 0 N–H and O–H groups in total. The molecule has 3 atom stereocenters. The molecule has 1 saturated heterocycles. The van der Waals surface area contributed by atoms with Crippen LogP contribution >= 0.6 is 11.8 Å². The number of rotatable bonds is 4. The number of nitrogens with zero attached hydrogens (tertiary/aromatic N) is 4. The maximum Gasteiger partial charge on any atom is 0.160 e. The number of fused-ring (bicyclic) bond motifs is 1. The molecule has 24 heavy (non-hydrogen) atoms. The number of aliphatic imine (C=N–C) groups is 1. The highest BCUT2D eigenvalue weighted by molar-refractivity contribution is 8.14. The van der Waals surface area contributed by atoms with Crippen molar-refractivity contribution in [3.05, 3.63) is 54.1 Å². The van der Waals surface area contributed by atoms with Gasteiger partial charge >= 0.3 is 0 Å². The van der Waals surface area contributed by atoms with E-state index in [9.17, 15) is 0 Å². The summed E-state index contributed by atoms with van der Waals surface area (Å²) in [5, 5.41) is 1.19. The third-order valence-corrected chi connectivity index (χ3v) is 6.13. The van der Waals surface area contributed by atoms with Crippen molar-refractivity contribution >= 4 is 16.9 Å². The van der Waals surface area contributed by atoms with Crippen molar-refractivity contribution in [3.8, 4) is 0 Å². The summed E-state index contributed by atoms with van der Waals surface area (Å²) in [6, 6.07) is 11.9. The average Bonchev–Trinajstić information content (AvgIpc) is 3.29. The number of hydrogen-bond donors (Lipinski definition) is 0. The Morgan fingerprint density at radius 1 is 1.25 bits per heavy atom. The second-order valence-corrected chi connectivity index (χ2v) is 7.76. The predicted molar refractivity (Wildman–Crippen MR) is 100 cm³/mol. The summed E-state index contributed by atoms with van der Waals surface area (Å²) in [4.78, 5) is 12.3. The highest BCUT2D eigenvalue weighted by Crippen LogP contribution is 2.48. The molecule has 1 fully saturated rings. The Hall–Kier alpha value is -1.75. The minimum atomic E-state index is 0.0791. The third kappa shape index (κ3) is 2.46. The van der Waals surface area contributed by atoms with E-state index in [1.807, 2.05) is 24.0 Å². The van der Waals surface area contributed by atoms with Crippen LogP contribution in [0.25, 0.3) is 0 Å². The first-order valence-electron chi connectivity index (χ1n) is 8.77. The van der Waals surface area contributed by atoms with E-state index in [1.165, 1.54) is 10.9 Å². The van der Waals surface area contributed by atoms with Crippen molar-refractivity contribution < 1.29 is 0 Å². The molecule has 2 aromatic heterocycles. The van der Waals surface area contributed by atoms with Gasteiger partial charge in [0, 0.05) is 35.9 Å². The molecule has 0 unspecified atom stereocenters. The largest absolute Gasteiger partial charge is 0.347 e. The quantitative estimate of drug-likeness (QED) is 0.825. The van der Waals surface area contributed by atoms with E-state index in [-0.39, 0.29) is 12.1 Å². The van der Waals surface area contributed by atoms with Crippen LogP contribution in [-0.4, -0.2) is 31.4 Å². The zero-order valence-electron chi connectivity index (χ0n) is 14.5. The molecule has 0 aliphatic carbocycles. The Morgan fingerprint density at radius 3 is 2.83 bits per heavy atom. The number of thioether (sulfide) groups is 1. The van der Waals surface area contributed by atoms with Gasteiger partial charge in [-0.2, -0.15) is 0 Å². The molecule has 0 aromatic carbocycles. The lowest BCUT2D eigenvalue weighted by atomic mass is 9.99. The van der Waals surface area contributed by atoms with Gasteiger partial charge in [0.05, 0.1) is 11.7 Å². The van der Waals surface area contributed by atoms with E-state index in [2.05, 4.69) is 65.7 Å². The summed E-state index contributed by atoms with van der Waals surface area (Å²) in [6.07, 6.45) is 5.22. The SMILES string of the molecule is CC[C@H]1CSC2=N[C@H](c3ccccn3)[C@@H](c3cccn3C(C)C)N21. The van der Waals surface area contributed by atoms with Crippen LogP contribution in [0.15, 0.2) is 47.7 Å². The van der Waals surface area contributed by atoms with Crippen molar-refractivity contribution in [2.45, 2.75) is 51.4 Å². The average molecular weight is 340 g/mol. The zero-order valence-corrected chi connectivity index (χ0v) is 15.3. The summed E-state index contributed by atoms with van der Waals surface area (Å²) >= 11 is 1.90. The van der Waals surface area contributed by atoms with Gasteiger partial charge in [-0.25, -0.2) is 0 Å². The normalized spacial score (nSPS) is 26.1. The fourth-order valence-electron chi connectivity index (χ4n) is 3.80. The fraction of sp³-hybridized carbons (Fsp3) is 0.474. The second kappa shape index (κ2) is 6.28. The van der Waals surface area contributed by atoms with Crippen molar-refractivity contribution in [1.29, 1.82) is 0 Å². The van der Waals surface area contributed by atoms with Crippen molar-refractivity contribution in [3.63, 3.8) is 0 Å². The number of amidine groups is 1. The van der Waals surface area contributed by atoms with E-state index < -0.39 is 0 Å². The van der Waals surface area contributed by atoms with Gasteiger partial charge in [0.25, 0.3) is 0 Å². The lowest BCUT2D eigenvalue weighted by molar-refractivity contribution is 0.243. The molecule has 5 heteroatoms. The summed E-state index contributed by atoms with van der Waals surface area (Å²) in [6.45, 7) is 6.76. The topological polar surface area (TPSA) is 33.4 Å². The van der Waals surface area contributed by atoms with Crippen molar-refractivity contribution in [1.82, 2.24) is 14.5 Å². The van der Waals surface area contributed by atoms with Crippen LogP contribution in [0.1, 0.15) is 56.7 Å². The second-order valence-electron chi connectivity index (χ2n) is 6.77. The molecule has 2 aliphatic heterocycles. The summed E-state index contributed by atoms with van der Waals surface area (Å²) in [7, 11) is 0. The minimum Gasteiger partial charge on any atom is -0.347 e. The molecule has 0 amide bonds. The lowest BCUT2D eigenvalue weighted by Crippen LogP contribution is -2.36.